The molecule has 0 unspecified atom stereocenters. The van der Waals surface area contributed by atoms with E-state index in [9.17, 15) is 10.1 Å². The maximum Gasteiger partial charge on any atom is 0.272 e. The van der Waals surface area contributed by atoms with Crippen LogP contribution in [-0.2, 0) is 0 Å². The summed E-state index contributed by atoms with van der Waals surface area (Å²) < 4.78 is 2.20. The average molecular weight is 337 g/mol. The first kappa shape index (κ1) is 12.3. The van der Waals surface area contributed by atoms with Crippen molar-refractivity contribution in [3.63, 3.8) is 0 Å². The SMILES string of the molecule is O=[N+]([O-])c1cc(Cl)c(-n2cc(Br)cn2)c(Cl)c1. The molecule has 0 saturated carbocycles. The van der Waals surface area contributed by atoms with Crippen molar-refractivity contribution in [2.24, 2.45) is 0 Å². The number of non-ortho nitro benzene ring substituents is 1. The second kappa shape index (κ2) is 4.64. The molecule has 1 aromatic heterocycles. The Morgan fingerprint density at radius 1 is 1.35 bits per heavy atom. The third-order valence-electron chi connectivity index (χ3n) is 1.99. The number of nitro benzene ring substituents is 1. The van der Waals surface area contributed by atoms with Gasteiger partial charge in [0, 0.05) is 18.3 Å². The normalized spacial score (nSPS) is 10.5. The number of nitrogens with zero attached hydrogens (tertiary/aromatic N) is 3. The molecule has 0 bridgehead atoms. The minimum absolute atomic E-state index is 0.157. The first-order valence-electron chi connectivity index (χ1n) is 4.33. The van der Waals surface area contributed by atoms with Crippen LogP contribution in [0.2, 0.25) is 10.0 Å². The lowest BCUT2D eigenvalue weighted by molar-refractivity contribution is -0.384. The third kappa shape index (κ3) is 2.43. The van der Waals surface area contributed by atoms with Gasteiger partial charge in [-0.1, -0.05) is 23.2 Å². The van der Waals surface area contributed by atoms with Crippen molar-refractivity contribution in [3.05, 3.63) is 49.2 Å². The highest BCUT2D eigenvalue weighted by atomic mass is 79.9. The fourth-order valence-corrected chi connectivity index (χ4v) is 2.23. The van der Waals surface area contributed by atoms with Crippen LogP contribution in [0.1, 0.15) is 0 Å². The lowest BCUT2D eigenvalue weighted by atomic mass is 10.3. The van der Waals surface area contributed by atoms with Crippen molar-refractivity contribution in [3.8, 4) is 5.69 Å². The summed E-state index contributed by atoms with van der Waals surface area (Å²) in [6.07, 6.45) is 3.22. The quantitative estimate of drug-likeness (QED) is 0.618. The average Bonchev–Trinajstić information content (AvgIpc) is 2.63. The van der Waals surface area contributed by atoms with Crippen molar-refractivity contribution in [1.82, 2.24) is 9.78 Å². The van der Waals surface area contributed by atoms with Crippen LogP contribution in [0.15, 0.2) is 29.0 Å². The molecule has 2 aromatic rings. The summed E-state index contributed by atoms with van der Waals surface area (Å²) in [6.45, 7) is 0. The molecule has 0 aliphatic rings. The Balaban J connectivity index is 2.60. The number of rotatable bonds is 2. The standard InChI is InChI=1S/C9H4BrCl2N3O2/c10-5-3-13-14(4-5)9-7(11)1-6(15(16)17)2-8(9)12/h1-4H. The number of benzene rings is 1. The van der Waals surface area contributed by atoms with E-state index in [2.05, 4.69) is 21.0 Å². The van der Waals surface area contributed by atoms with Crippen LogP contribution in [0.5, 0.6) is 0 Å². The van der Waals surface area contributed by atoms with Gasteiger partial charge in [-0.15, -0.1) is 0 Å². The van der Waals surface area contributed by atoms with E-state index < -0.39 is 4.92 Å². The highest BCUT2D eigenvalue weighted by Gasteiger charge is 2.16. The second-order valence-corrected chi connectivity index (χ2v) is 4.85. The Bertz CT molecular complexity index is 577. The van der Waals surface area contributed by atoms with Gasteiger partial charge in [0.1, 0.15) is 5.69 Å². The van der Waals surface area contributed by atoms with Crippen molar-refractivity contribution in [2.75, 3.05) is 0 Å². The lowest BCUT2D eigenvalue weighted by Gasteiger charge is -2.06. The predicted molar refractivity (Wildman–Crippen MR) is 67.9 cm³/mol. The molecule has 0 spiro atoms. The van der Waals surface area contributed by atoms with Crippen molar-refractivity contribution in [2.45, 2.75) is 0 Å². The van der Waals surface area contributed by atoms with Gasteiger partial charge in [0.15, 0.2) is 0 Å². The smallest absolute Gasteiger partial charge is 0.258 e. The van der Waals surface area contributed by atoms with Gasteiger partial charge in [-0.25, -0.2) is 4.68 Å². The van der Waals surface area contributed by atoms with E-state index in [1.165, 1.54) is 16.8 Å². The molecule has 0 amide bonds. The molecule has 17 heavy (non-hydrogen) atoms. The molecule has 2 rings (SSSR count). The van der Waals surface area contributed by atoms with Gasteiger partial charge in [-0.05, 0) is 15.9 Å². The molecule has 0 atom stereocenters. The molecular formula is C9H4BrCl2N3O2. The lowest BCUT2D eigenvalue weighted by Crippen LogP contribution is -1.98. The second-order valence-electron chi connectivity index (χ2n) is 3.12. The topological polar surface area (TPSA) is 61.0 Å². The van der Waals surface area contributed by atoms with Crippen LogP contribution in [0.4, 0.5) is 5.69 Å². The summed E-state index contributed by atoms with van der Waals surface area (Å²) in [6, 6.07) is 2.47. The van der Waals surface area contributed by atoms with E-state index >= 15 is 0 Å². The van der Waals surface area contributed by atoms with Gasteiger partial charge in [0.25, 0.3) is 5.69 Å². The molecule has 0 saturated heterocycles. The van der Waals surface area contributed by atoms with Crippen LogP contribution in [0.25, 0.3) is 5.69 Å². The summed E-state index contributed by atoms with van der Waals surface area (Å²) in [4.78, 5) is 10.1. The first-order valence-corrected chi connectivity index (χ1v) is 5.88. The molecule has 0 aliphatic heterocycles. The highest BCUT2D eigenvalue weighted by Crippen LogP contribution is 2.33. The predicted octanol–water partition coefficient (Wildman–Crippen LogP) is 3.85. The summed E-state index contributed by atoms with van der Waals surface area (Å²) in [5, 5.41) is 15.0. The Morgan fingerprint density at radius 3 is 2.35 bits per heavy atom. The Labute approximate surface area is 114 Å². The van der Waals surface area contributed by atoms with Crippen LogP contribution in [0.3, 0.4) is 0 Å². The molecule has 0 fully saturated rings. The number of hydrogen-bond donors (Lipinski definition) is 0. The molecule has 0 N–H and O–H groups in total. The van der Waals surface area contributed by atoms with Crippen molar-refractivity contribution >= 4 is 44.8 Å². The zero-order chi connectivity index (χ0) is 12.6. The van der Waals surface area contributed by atoms with E-state index in [4.69, 9.17) is 23.2 Å². The zero-order valence-corrected chi connectivity index (χ0v) is 11.2. The van der Waals surface area contributed by atoms with Gasteiger partial charge in [0.2, 0.25) is 0 Å². The first-order chi connectivity index (χ1) is 7.99. The maximum absolute atomic E-state index is 10.6. The number of nitro groups is 1. The monoisotopic (exact) mass is 335 g/mol. The van der Waals surface area contributed by atoms with Crippen molar-refractivity contribution < 1.29 is 4.92 Å². The fraction of sp³-hybridized carbons (Fsp3) is 0. The van der Waals surface area contributed by atoms with Crippen molar-refractivity contribution in [1.29, 1.82) is 0 Å². The molecule has 1 aromatic carbocycles. The maximum atomic E-state index is 10.6. The molecule has 88 valence electrons. The molecule has 1 heterocycles. The summed E-state index contributed by atoms with van der Waals surface area (Å²) in [5.41, 5.74) is 0.250. The fourth-order valence-electron chi connectivity index (χ4n) is 1.30. The van der Waals surface area contributed by atoms with Crippen LogP contribution in [-0.4, -0.2) is 14.7 Å². The minimum Gasteiger partial charge on any atom is -0.258 e. The summed E-state index contributed by atoms with van der Waals surface area (Å²) in [7, 11) is 0. The Hall–Kier alpha value is -1.11. The summed E-state index contributed by atoms with van der Waals surface area (Å²) in [5.74, 6) is 0. The van der Waals surface area contributed by atoms with E-state index in [0.717, 1.165) is 4.47 Å². The highest BCUT2D eigenvalue weighted by molar-refractivity contribution is 9.10. The molecule has 0 aliphatic carbocycles. The number of halogens is 3. The van der Waals surface area contributed by atoms with Crippen LogP contribution >= 0.6 is 39.1 Å². The Morgan fingerprint density at radius 2 is 1.94 bits per heavy atom. The molecule has 5 nitrogen and oxygen atoms in total. The number of hydrogen-bond acceptors (Lipinski definition) is 3. The molecular weight excluding hydrogens is 333 g/mol. The van der Waals surface area contributed by atoms with Gasteiger partial charge >= 0.3 is 0 Å². The minimum atomic E-state index is -0.555. The largest absolute Gasteiger partial charge is 0.272 e. The zero-order valence-electron chi connectivity index (χ0n) is 8.10. The van der Waals surface area contributed by atoms with E-state index in [0.29, 0.717) is 5.69 Å². The van der Waals surface area contributed by atoms with E-state index in [-0.39, 0.29) is 15.7 Å². The number of aromatic nitrogens is 2. The van der Waals surface area contributed by atoms with E-state index in [1.807, 2.05) is 0 Å². The van der Waals surface area contributed by atoms with Gasteiger partial charge in [-0.3, -0.25) is 10.1 Å². The van der Waals surface area contributed by atoms with Crippen LogP contribution < -0.4 is 0 Å². The Kier molecular flexibility index (Phi) is 3.37. The third-order valence-corrected chi connectivity index (χ3v) is 2.98. The summed E-state index contributed by atoms with van der Waals surface area (Å²) >= 11 is 15.2. The van der Waals surface area contributed by atoms with Gasteiger partial charge < -0.3 is 0 Å². The molecule has 0 radical (unpaired) electrons. The van der Waals surface area contributed by atoms with Crippen LogP contribution in [0, 0.1) is 10.1 Å². The van der Waals surface area contributed by atoms with Gasteiger partial charge in [0.05, 0.1) is 25.6 Å². The van der Waals surface area contributed by atoms with Gasteiger partial charge in [-0.2, -0.15) is 5.10 Å². The van der Waals surface area contributed by atoms with E-state index in [1.54, 1.807) is 12.4 Å². The molecule has 8 heteroatoms.